The molecule has 0 spiro atoms. The molecule has 2 aromatic carbocycles. The number of hydrogen-bond donors (Lipinski definition) is 2. The number of halogens is 2. The third-order valence-corrected chi connectivity index (χ3v) is 5.14. The third-order valence-electron chi connectivity index (χ3n) is 3.87. The molecule has 0 aliphatic rings. The second kappa shape index (κ2) is 7.87. The van der Waals surface area contributed by atoms with Crippen molar-refractivity contribution in [3.05, 3.63) is 62.7 Å². The summed E-state index contributed by atoms with van der Waals surface area (Å²) in [5, 5.41) is 26.3. The molecule has 0 unspecified atom stereocenters. The van der Waals surface area contributed by atoms with Gasteiger partial charge in [-0.1, -0.05) is 23.7 Å². The lowest BCUT2D eigenvalue weighted by Gasteiger charge is -2.04. The summed E-state index contributed by atoms with van der Waals surface area (Å²) in [6.07, 6.45) is 0. The molecule has 0 saturated heterocycles. The van der Waals surface area contributed by atoms with Gasteiger partial charge in [0, 0.05) is 16.4 Å². The fraction of sp³-hybridized carbons (Fsp3) is 0.167. The van der Waals surface area contributed by atoms with Gasteiger partial charge in [0.2, 0.25) is 0 Å². The van der Waals surface area contributed by atoms with E-state index in [0.717, 1.165) is 5.56 Å². The maximum atomic E-state index is 12.6. The van der Waals surface area contributed by atoms with Crippen LogP contribution in [0.15, 0.2) is 40.9 Å². The van der Waals surface area contributed by atoms with E-state index < -0.39 is 0 Å². The Balaban J connectivity index is 1.88. The van der Waals surface area contributed by atoms with Crippen molar-refractivity contribution in [1.82, 2.24) is 15.1 Å². The van der Waals surface area contributed by atoms with E-state index in [1.54, 1.807) is 36.4 Å². The maximum Gasteiger partial charge on any atom is 0.272 e. The first-order valence-corrected chi connectivity index (χ1v) is 8.95. The Labute approximate surface area is 163 Å². The molecular formula is C18H14BrClN4O2. The highest BCUT2D eigenvalue weighted by Gasteiger charge is 2.20. The van der Waals surface area contributed by atoms with Gasteiger partial charge in [-0.15, -0.1) is 0 Å². The van der Waals surface area contributed by atoms with Gasteiger partial charge < -0.3 is 10.4 Å². The van der Waals surface area contributed by atoms with Crippen molar-refractivity contribution in [3.63, 3.8) is 0 Å². The summed E-state index contributed by atoms with van der Waals surface area (Å²) >= 11 is 9.70. The molecule has 3 aromatic rings. The first kappa shape index (κ1) is 18.4. The Morgan fingerprint density at radius 2 is 2.04 bits per heavy atom. The molecule has 1 heterocycles. The van der Waals surface area contributed by atoms with Crippen LogP contribution >= 0.6 is 27.5 Å². The lowest BCUT2D eigenvalue weighted by molar-refractivity contribution is 0.0946. The van der Waals surface area contributed by atoms with Crippen LogP contribution in [0.1, 0.15) is 21.6 Å². The Morgan fingerprint density at radius 1 is 1.31 bits per heavy atom. The minimum Gasteiger partial charge on any atom is -0.394 e. The molecule has 0 saturated carbocycles. The number of amides is 1. The average molecular weight is 434 g/mol. The molecule has 0 fully saturated rings. The number of fused-ring (bicyclic) bond motifs is 1. The van der Waals surface area contributed by atoms with Crippen molar-refractivity contribution in [2.75, 3.05) is 6.61 Å². The molecule has 6 nitrogen and oxygen atoms in total. The number of carbonyl (C=O) groups excluding carboxylic acids is 1. The van der Waals surface area contributed by atoms with E-state index in [2.05, 4.69) is 32.4 Å². The molecule has 0 radical (unpaired) electrons. The summed E-state index contributed by atoms with van der Waals surface area (Å²) < 4.78 is 2.22. The lowest BCUT2D eigenvalue weighted by atomic mass is 10.1. The van der Waals surface area contributed by atoms with Gasteiger partial charge in [-0.2, -0.15) is 10.4 Å². The fourth-order valence-electron chi connectivity index (χ4n) is 2.60. The van der Waals surface area contributed by atoms with E-state index in [4.69, 9.17) is 16.9 Å². The molecule has 0 bridgehead atoms. The van der Waals surface area contributed by atoms with E-state index in [0.29, 0.717) is 32.5 Å². The first-order valence-electron chi connectivity index (χ1n) is 7.77. The summed E-state index contributed by atoms with van der Waals surface area (Å²) in [6.45, 7) is 0.421. The number of aliphatic hydroxyl groups is 1. The van der Waals surface area contributed by atoms with Gasteiger partial charge in [0.1, 0.15) is 0 Å². The Hall–Kier alpha value is -2.40. The number of hydrogen-bond acceptors (Lipinski definition) is 4. The Bertz CT molecular complexity index is 1010. The van der Waals surface area contributed by atoms with Crippen LogP contribution in [0, 0.1) is 11.3 Å². The van der Waals surface area contributed by atoms with Crippen LogP contribution in [-0.4, -0.2) is 27.4 Å². The van der Waals surface area contributed by atoms with E-state index >= 15 is 0 Å². The number of nitrogens with one attached hydrogen (secondary N) is 1. The smallest absolute Gasteiger partial charge is 0.272 e. The normalized spacial score (nSPS) is 10.7. The van der Waals surface area contributed by atoms with Gasteiger partial charge in [-0.3, -0.25) is 9.48 Å². The predicted octanol–water partition coefficient (Wildman–Crippen LogP) is 3.25. The number of nitriles is 1. The highest BCUT2D eigenvalue weighted by molar-refractivity contribution is 9.10. The number of carbonyl (C=O) groups is 1. The quantitative estimate of drug-likeness (QED) is 0.646. The molecule has 3 rings (SSSR count). The van der Waals surface area contributed by atoms with Crippen LogP contribution in [0.5, 0.6) is 0 Å². The second-order valence-corrected chi connectivity index (χ2v) is 6.78. The average Bonchev–Trinajstić information content (AvgIpc) is 3.02. The van der Waals surface area contributed by atoms with Gasteiger partial charge in [-0.05, 0) is 45.8 Å². The van der Waals surface area contributed by atoms with Crippen LogP contribution in [0.25, 0.3) is 10.9 Å². The molecular weight excluding hydrogens is 420 g/mol. The van der Waals surface area contributed by atoms with Crippen LogP contribution in [0.3, 0.4) is 0 Å². The number of nitrogens with zero attached hydrogens (tertiary/aromatic N) is 3. The zero-order valence-electron chi connectivity index (χ0n) is 13.5. The molecule has 2 N–H and O–H groups in total. The monoisotopic (exact) mass is 432 g/mol. The molecule has 0 aliphatic carbocycles. The summed E-state index contributed by atoms with van der Waals surface area (Å²) in [6, 6.07) is 12.5. The first-order chi connectivity index (χ1) is 12.5. The topological polar surface area (TPSA) is 90.9 Å². The maximum absolute atomic E-state index is 12.6. The van der Waals surface area contributed by atoms with Crippen molar-refractivity contribution in [2.24, 2.45) is 0 Å². The van der Waals surface area contributed by atoms with Crippen molar-refractivity contribution >= 4 is 44.3 Å². The summed E-state index contributed by atoms with van der Waals surface area (Å²) in [5.41, 5.74) is 2.28. The third kappa shape index (κ3) is 3.58. The van der Waals surface area contributed by atoms with Crippen molar-refractivity contribution in [1.29, 1.82) is 5.26 Å². The van der Waals surface area contributed by atoms with E-state index in [9.17, 15) is 9.90 Å². The van der Waals surface area contributed by atoms with Gasteiger partial charge in [0.05, 0.1) is 35.3 Å². The standard InChI is InChI=1S/C18H14BrClN4O2/c19-14-6-5-13-16(23-24(7-8-25)17(13)15(14)20)18(26)22-10-12-3-1-11(9-21)2-4-12/h1-6,25H,7-8,10H2,(H,22,26). The molecule has 26 heavy (non-hydrogen) atoms. The van der Waals surface area contributed by atoms with Crippen molar-refractivity contribution in [2.45, 2.75) is 13.1 Å². The number of aromatic nitrogens is 2. The number of aliphatic hydroxyl groups excluding tert-OH is 1. The van der Waals surface area contributed by atoms with Gasteiger partial charge >= 0.3 is 0 Å². The summed E-state index contributed by atoms with van der Waals surface area (Å²) in [5.74, 6) is -0.338. The van der Waals surface area contributed by atoms with E-state index in [-0.39, 0.29) is 24.8 Å². The van der Waals surface area contributed by atoms with Gasteiger partial charge in [0.25, 0.3) is 5.91 Å². The summed E-state index contributed by atoms with van der Waals surface area (Å²) in [4.78, 5) is 12.6. The van der Waals surface area contributed by atoms with Gasteiger partial charge in [0.15, 0.2) is 5.69 Å². The predicted molar refractivity (Wildman–Crippen MR) is 102 cm³/mol. The molecule has 132 valence electrons. The zero-order valence-corrected chi connectivity index (χ0v) is 15.9. The number of rotatable bonds is 5. The molecule has 0 aliphatic heterocycles. The minimum absolute atomic E-state index is 0.119. The molecule has 1 amide bonds. The Kier molecular flexibility index (Phi) is 5.57. The zero-order chi connectivity index (χ0) is 18.7. The highest BCUT2D eigenvalue weighted by atomic mass is 79.9. The fourth-order valence-corrected chi connectivity index (χ4v) is 3.18. The van der Waals surface area contributed by atoms with Crippen LogP contribution < -0.4 is 5.32 Å². The van der Waals surface area contributed by atoms with Crippen molar-refractivity contribution < 1.29 is 9.90 Å². The molecule has 0 atom stereocenters. The SMILES string of the molecule is N#Cc1ccc(CNC(=O)c2nn(CCO)c3c(Cl)c(Br)ccc23)cc1. The van der Waals surface area contributed by atoms with E-state index in [1.165, 1.54) is 4.68 Å². The summed E-state index contributed by atoms with van der Waals surface area (Å²) in [7, 11) is 0. The van der Waals surface area contributed by atoms with Crippen molar-refractivity contribution in [3.8, 4) is 6.07 Å². The Morgan fingerprint density at radius 3 is 2.69 bits per heavy atom. The molecule has 1 aromatic heterocycles. The molecule has 8 heteroatoms. The van der Waals surface area contributed by atoms with Gasteiger partial charge in [-0.25, -0.2) is 0 Å². The van der Waals surface area contributed by atoms with E-state index in [1.807, 2.05) is 0 Å². The number of benzene rings is 2. The van der Waals surface area contributed by atoms with Crippen LogP contribution in [-0.2, 0) is 13.1 Å². The minimum atomic E-state index is -0.338. The largest absolute Gasteiger partial charge is 0.394 e. The van der Waals surface area contributed by atoms with Crippen LogP contribution in [0.4, 0.5) is 0 Å². The highest BCUT2D eigenvalue weighted by Crippen LogP contribution is 2.32. The lowest BCUT2D eigenvalue weighted by Crippen LogP contribution is -2.23. The van der Waals surface area contributed by atoms with Crippen LogP contribution in [0.2, 0.25) is 5.02 Å². The second-order valence-electron chi connectivity index (χ2n) is 5.54.